The van der Waals surface area contributed by atoms with E-state index in [2.05, 4.69) is 30.5 Å². The fraction of sp³-hybridized carbons (Fsp3) is 0.125. The largest absolute Gasteiger partial charge is 0.326 e. The summed E-state index contributed by atoms with van der Waals surface area (Å²) in [5.74, 6) is -0.409. The highest BCUT2D eigenvalue weighted by molar-refractivity contribution is 6.13. The number of aromatic nitrogens is 1. The van der Waals surface area contributed by atoms with Crippen LogP contribution in [-0.2, 0) is 4.79 Å². The van der Waals surface area contributed by atoms with E-state index >= 15 is 0 Å². The number of benzene rings is 1. The Labute approximate surface area is 122 Å². The molecule has 1 aliphatic heterocycles. The molecule has 2 aromatic rings. The number of rotatable bonds is 2. The van der Waals surface area contributed by atoms with Gasteiger partial charge in [0.05, 0.1) is 0 Å². The second-order valence-corrected chi connectivity index (χ2v) is 4.99. The molecule has 106 valence electrons. The van der Waals surface area contributed by atoms with Crippen molar-refractivity contribution in [2.75, 3.05) is 0 Å². The van der Waals surface area contributed by atoms with E-state index in [0.29, 0.717) is 0 Å². The first-order valence-electron chi connectivity index (χ1n) is 6.64. The Bertz CT molecular complexity index is 772. The van der Waals surface area contributed by atoms with Crippen LogP contribution in [0.2, 0.25) is 0 Å². The fourth-order valence-corrected chi connectivity index (χ4v) is 2.36. The summed E-state index contributed by atoms with van der Waals surface area (Å²) in [4.78, 5) is 22.8. The van der Waals surface area contributed by atoms with Gasteiger partial charge < -0.3 is 9.88 Å². The minimum atomic E-state index is -0.490. The first kappa shape index (κ1) is 13.2. The zero-order valence-corrected chi connectivity index (χ0v) is 11.8. The van der Waals surface area contributed by atoms with Crippen LogP contribution in [0.15, 0.2) is 42.2 Å². The second kappa shape index (κ2) is 4.94. The van der Waals surface area contributed by atoms with Gasteiger partial charge in [0, 0.05) is 17.6 Å². The summed E-state index contributed by atoms with van der Waals surface area (Å²) in [5.41, 5.74) is 4.51. The monoisotopic (exact) mass is 281 g/mol. The molecule has 0 atom stereocenters. The van der Waals surface area contributed by atoms with Gasteiger partial charge in [-0.2, -0.15) is 0 Å². The Morgan fingerprint density at radius 2 is 1.86 bits per heavy atom. The number of aryl methyl sites for hydroxylation is 1. The number of nitrogens with one attached hydrogen (secondary N) is 2. The molecule has 3 amide bonds. The average molecular weight is 281 g/mol. The van der Waals surface area contributed by atoms with E-state index in [0.717, 1.165) is 11.4 Å². The molecule has 0 bridgehead atoms. The van der Waals surface area contributed by atoms with Crippen LogP contribution >= 0.6 is 0 Å². The van der Waals surface area contributed by atoms with Crippen LogP contribution in [0.4, 0.5) is 4.79 Å². The van der Waals surface area contributed by atoms with E-state index in [1.807, 2.05) is 35.0 Å². The summed E-state index contributed by atoms with van der Waals surface area (Å²) in [5, 5.41) is 4.69. The molecular weight excluding hydrogens is 266 g/mol. The lowest BCUT2D eigenvalue weighted by Gasteiger charge is -2.12. The Morgan fingerprint density at radius 3 is 2.57 bits per heavy atom. The van der Waals surface area contributed by atoms with Crippen LogP contribution in [0, 0.1) is 13.8 Å². The SMILES string of the molecule is Cc1cccc(-n2cccc2/C=C2/NC(=O)NC2=O)c1C. The smallest absolute Gasteiger partial charge is 0.317 e. The summed E-state index contributed by atoms with van der Waals surface area (Å²) in [6.45, 7) is 4.12. The van der Waals surface area contributed by atoms with Gasteiger partial charge in [-0.25, -0.2) is 4.79 Å². The highest BCUT2D eigenvalue weighted by Crippen LogP contribution is 2.21. The molecule has 0 saturated carbocycles. The zero-order chi connectivity index (χ0) is 15.0. The molecular formula is C16H15N3O2. The number of nitrogens with zero attached hydrogens (tertiary/aromatic N) is 1. The average Bonchev–Trinajstić information content (AvgIpc) is 3.01. The Hall–Kier alpha value is -2.82. The van der Waals surface area contributed by atoms with Crippen molar-refractivity contribution in [2.24, 2.45) is 0 Å². The van der Waals surface area contributed by atoms with E-state index in [9.17, 15) is 9.59 Å². The van der Waals surface area contributed by atoms with Gasteiger partial charge >= 0.3 is 6.03 Å². The standard InChI is InChI=1S/C16H15N3O2/c1-10-5-3-7-14(11(10)2)19-8-4-6-12(19)9-13-15(20)18-16(21)17-13/h3-9H,1-2H3,(H2,17,18,20,21)/b13-9+. The van der Waals surface area contributed by atoms with E-state index in [1.165, 1.54) is 11.1 Å². The molecule has 1 aromatic carbocycles. The van der Waals surface area contributed by atoms with Gasteiger partial charge in [-0.15, -0.1) is 0 Å². The highest BCUT2D eigenvalue weighted by Gasteiger charge is 2.23. The van der Waals surface area contributed by atoms with Crippen molar-refractivity contribution in [3.05, 3.63) is 59.0 Å². The maximum Gasteiger partial charge on any atom is 0.326 e. The van der Waals surface area contributed by atoms with Gasteiger partial charge in [0.1, 0.15) is 5.70 Å². The quantitative estimate of drug-likeness (QED) is 0.655. The number of carbonyl (C=O) groups excluding carboxylic acids is 2. The minimum absolute atomic E-state index is 0.255. The van der Waals surface area contributed by atoms with Crippen molar-refractivity contribution in [1.82, 2.24) is 15.2 Å². The molecule has 21 heavy (non-hydrogen) atoms. The van der Waals surface area contributed by atoms with Gasteiger partial charge in [-0.3, -0.25) is 10.1 Å². The van der Waals surface area contributed by atoms with E-state index in [-0.39, 0.29) is 5.70 Å². The normalized spacial score (nSPS) is 16.2. The Morgan fingerprint density at radius 1 is 1.05 bits per heavy atom. The lowest BCUT2D eigenvalue weighted by Crippen LogP contribution is -2.22. The molecule has 0 radical (unpaired) electrons. The van der Waals surface area contributed by atoms with Crippen molar-refractivity contribution in [1.29, 1.82) is 0 Å². The van der Waals surface area contributed by atoms with Gasteiger partial charge in [0.25, 0.3) is 5.91 Å². The first-order valence-corrected chi connectivity index (χ1v) is 6.64. The Kier molecular flexibility index (Phi) is 3.10. The van der Waals surface area contributed by atoms with E-state index in [4.69, 9.17) is 0 Å². The molecule has 3 rings (SSSR count). The molecule has 2 N–H and O–H groups in total. The van der Waals surface area contributed by atoms with Gasteiger partial charge in [0.15, 0.2) is 0 Å². The van der Waals surface area contributed by atoms with Crippen LogP contribution in [0.25, 0.3) is 11.8 Å². The van der Waals surface area contributed by atoms with Crippen molar-refractivity contribution < 1.29 is 9.59 Å². The topological polar surface area (TPSA) is 63.1 Å². The molecule has 1 saturated heterocycles. The maximum atomic E-state index is 11.6. The summed E-state index contributed by atoms with van der Waals surface area (Å²) in [6, 6.07) is 9.40. The lowest BCUT2D eigenvalue weighted by atomic mass is 10.1. The zero-order valence-electron chi connectivity index (χ0n) is 11.8. The molecule has 5 nitrogen and oxygen atoms in total. The molecule has 2 heterocycles. The number of urea groups is 1. The molecule has 5 heteroatoms. The summed E-state index contributed by atoms with van der Waals surface area (Å²) < 4.78 is 1.99. The minimum Gasteiger partial charge on any atom is -0.317 e. The predicted molar refractivity (Wildman–Crippen MR) is 79.9 cm³/mol. The van der Waals surface area contributed by atoms with Crippen molar-refractivity contribution in [3.8, 4) is 5.69 Å². The van der Waals surface area contributed by atoms with Crippen LogP contribution in [0.3, 0.4) is 0 Å². The van der Waals surface area contributed by atoms with Crippen LogP contribution in [0.5, 0.6) is 0 Å². The predicted octanol–water partition coefficient (Wildman–Crippen LogP) is 2.27. The molecule has 0 spiro atoms. The lowest BCUT2D eigenvalue weighted by molar-refractivity contribution is -0.115. The summed E-state index contributed by atoms with van der Waals surface area (Å²) in [6.07, 6.45) is 3.60. The first-order chi connectivity index (χ1) is 10.1. The van der Waals surface area contributed by atoms with E-state index in [1.54, 1.807) is 6.08 Å². The number of hydrogen-bond acceptors (Lipinski definition) is 2. The highest BCUT2D eigenvalue weighted by atomic mass is 16.2. The second-order valence-electron chi connectivity index (χ2n) is 4.99. The number of hydrogen-bond donors (Lipinski definition) is 2. The molecule has 1 aromatic heterocycles. The van der Waals surface area contributed by atoms with Crippen molar-refractivity contribution in [2.45, 2.75) is 13.8 Å². The molecule has 1 aliphatic rings. The number of imide groups is 1. The summed E-state index contributed by atoms with van der Waals surface area (Å²) >= 11 is 0. The fourth-order valence-electron chi connectivity index (χ4n) is 2.36. The number of carbonyl (C=O) groups is 2. The van der Waals surface area contributed by atoms with Gasteiger partial charge in [-0.1, -0.05) is 12.1 Å². The molecule has 1 fully saturated rings. The van der Waals surface area contributed by atoms with Gasteiger partial charge in [0.2, 0.25) is 0 Å². The third kappa shape index (κ3) is 2.33. The van der Waals surface area contributed by atoms with Crippen molar-refractivity contribution in [3.63, 3.8) is 0 Å². The van der Waals surface area contributed by atoms with E-state index < -0.39 is 11.9 Å². The van der Waals surface area contributed by atoms with Gasteiger partial charge in [-0.05, 0) is 49.2 Å². The Balaban J connectivity index is 2.06. The van der Waals surface area contributed by atoms with Crippen LogP contribution in [0.1, 0.15) is 16.8 Å². The maximum absolute atomic E-state index is 11.6. The third-order valence-electron chi connectivity index (χ3n) is 3.63. The molecule has 0 aliphatic carbocycles. The van der Waals surface area contributed by atoms with Crippen LogP contribution in [-0.4, -0.2) is 16.5 Å². The van der Waals surface area contributed by atoms with Crippen LogP contribution < -0.4 is 10.6 Å². The third-order valence-corrected chi connectivity index (χ3v) is 3.63. The molecule has 0 unspecified atom stereocenters. The summed E-state index contributed by atoms with van der Waals surface area (Å²) in [7, 11) is 0. The van der Waals surface area contributed by atoms with Crippen molar-refractivity contribution >= 4 is 18.0 Å². The number of amides is 3.